The Labute approximate surface area is 119 Å². The van der Waals surface area contributed by atoms with Crippen LogP contribution >= 0.6 is 11.3 Å². The van der Waals surface area contributed by atoms with Crippen LogP contribution in [0.4, 0.5) is 0 Å². The zero-order chi connectivity index (χ0) is 13.9. The first-order valence-electron chi connectivity index (χ1n) is 6.69. The van der Waals surface area contributed by atoms with E-state index in [4.69, 9.17) is 0 Å². The van der Waals surface area contributed by atoms with Crippen LogP contribution < -0.4 is 16.2 Å². The fourth-order valence-electron chi connectivity index (χ4n) is 2.41. The Balaban J connectivity index is 1.71. The Morgan fingerprint density at radius 1 is 1.60 bits per heavy atom. The lowest BCUT2D eigenvalue weighted by Gasteiger charge is -2.22. The Hall–Kier alpha value is -1.73. The van der Waals surface area contributed by atoms with E-state index in [1.165, 1.54) is 21.9 Å². The maximum atomic E-state index is 12.1. The molecule has 1 fully saturated rings. The van der Waals surface area contributed by atoms with Crippen LogP contribution in [0.15, 0.2) is 22.6 Å². The molecular formula is C13H16N4O2S. The van der Waals surface area contributed by atoms with Gasteiger partial charge in [0, 0.05) is 24.3 Å². The van der Waals surface area contributed by atoms with Crippen LogP contribution in [0.5, 0.6) is 0 Å². The lowest BCUT2D eigenvalue weighted by atomic mass is 10.00. The molecule has 0 radical (unpaired) electrons. The van der Waals surface area contributed by atoms with Gasteiger partial charge in [0.1, 0.15) is 5.56 Å². The second-order valence-corrected chi connectivity index (χ2v) is 5.83. The van der Waals surface area contributed by atoms with Gasteiger partial charge in [-0.3, -0.25) is 14.0 Å². The summed E-state index contributed by atoms with van der Waals surface area (Å²) in [6, 6.07) is 0. The minimum Gasteiger partial charge on any atom is -0.351 e. The third kappa shape index (κ3) is 2.59. The Kier molecular flexibility index (Phi) is 3.79. The van der Waals surface area contributed by atoms with Gasteiger partial charge in [-0.2, -0.15) is 0 Å². The van der Waals surface area contributed by atoms with E-state index in [0.717, 1.165) is 25.9 Å². The number of aromatic nitrogens is 2. The highest BCUT2D eigenvalue weighted by Gasteiger charge is 2.17. The molecule has 1 amide bonds. The molecule has 1 unspecified atom stereocenters. The number of hydrogen-bond donors (Lipinski definition) is 2. The number of hydrogen-bond acceptors (Lipinski definition) is 5. The van der Waals surface area contributed by atoms with Crippen LogP contribution in [0, 0.1) is 5.92 Å². The summed E-state index contributed by atoms with van der Waals surface area (Å²) in [5, 5.41) is 7.92. The third-order valence-corrected chi connectivity index (χ3v) is 4.31. The molecule has 2 N–H and O–H groups in total. The number of carbonyl (C=O) groups is 1. The van der Waals surface area contributed by atoms with Crippen molar-refractivity contribution in [3.8, 4) is 0 Å². The summed E-state index contributed by atoms with van der Waals surface area (Å²) in [6.45, 7) is 2.56. The van der Waals surface area contributed by atoms with Crippen molar-refractivity contribution in [2.24, 2.45) is 5.92 Å². The predicted molar refractivity (Wildman–Crippen MR) is 77.3 cm³/mol. The Morgan fingerprint density at radius 3 is 3.30 bits per heavy atom. The number of rotatable bonds is 3. The lowest BCUT2D eigenvalue weighted by molar-refractivity contribution is 0.0943. The number of amides is 1. The molecule has 1 aliphatic heterocycles. The van der Waals surface area contributed by atoms with Gasteiger partial charge in [0.2, 0.25) is 0 Å². The van der Waals surface area contributed by atoms with E-state index < -0.39 is 0 Å². The minimum atomic E-state index is -0.339. The molecular weight excluding hydrogens is 276 g/mol. The minimum absolute atomic E-state index is 0.102. The van der Waals surface area contributed by atoms with E-state index in [9.17, 15) is 9.59 Å². The summed E-state index contributed by atoms with van der Waals surface area (Å²) < 4.78 is 1.40. The number of nitrogens with zero attached hydrogens (tertiary/aromatic N) is 2. The van der Waals surface area contributed by atoms with Crippen LogP contribution in [0.25, 0.3) is 4.96 Å². The average Bonchev–Trinajstić information content (AvgIpc) is 2.96. The van der Waals surface area contributed by atoms with Gasteiger partial charge in [0.15, 0.2) is 4.96 Å². The van der Waals surface area contributed by atoms with Crippen molar-refractivity contribution in [1.29, 1.82) is 0 Å². The largest absolute Gasteiger partial charge is 0.351 e. The standard InChI is InChI=1S/C13H16N4O2S/c18-11(15-7-9-2-1-3-14-6-9)10-8-16-13-17(12(10)19)4-5-20-13/h4-5,8-9,14H,1-3,6-7H2,(H,15,18). The molecule has 0 bridgehead atoms. The highest BCUT2D eigenvalue weighted by atomic mass is 32.1. The fraction of sp³-hybridized carbons (Fsp3) is 0.462. The zero-order valence-electron chi connectivity index (χ0n) is 11.0. The van der Waals surface area contributed by atoms with Crippen LogP contribution in [-0.4, -0.2) is 34.9 Å². The van der Waals surface area contributed by atoms with Gasteiger partial charge in [-0.15, -0.1) is 11.3 Å². The molecule has 3 rings (SSSR count). The summed E-state index contributed by atoms with van der Waals surface area (Å²) in [5.74, 6) is 0.0990. The first-order valence-corrected chi connectivity index (χ1v) is 7.57. The molecule has 106 valence electrons. The molecule has 0 saturated carbocycles. The maximum absolute atomic E-state index is 12.1. The van der Waals surface area contributed by atoms with Gasteiger partial charge in [-0.25, -0.2) is 4.98 Å². The van der Waals surface area contributed by atoms with E-state index in [2.05, 4.69) is 15.6 Å². The van der Waals surface area contributed by atoms with Crippen LogP contribution in [-0.2, 0) is 0 Å². The summed E-state index contributed by atoms with van der Waals surface area (Å²) >= 11 is 1.37. The first kappa shape index (κ1) is 13.3. The van der Waals surface area contributed by atoms with Gasteiger partial charge in [-0.05, 0) is 31.8 Å². The second kappa shape index (κ2) is 5.72. The molecule has 0 aliphatic carbocycles. The highest BCUT2D eigenvalue weighted by molar-refractivity contribution is 7.15. The maximum Gasteiger partial charge on any atom is 0.271 e. The lowest BCUT2D eigenvalue weighted by Crippen LogP contribution is -2.39. The molecule has 2 aromatic rings. The monoisotopic (exact) mass is 292 g/mol. The van der Waals surface area contributed by atoms with Gasteiger partial charge in [0.25, 0.3) is 11.5 Å². The quantitative estimate of drug-likeness (QED) is 0.863. The van der Waals surface area contributed by atoms with E-state index in [0.29, 0.717) is 17.4 Å². The number of piperidine rings is 1. The van der Waals surface area contributed by atoms with E-state index in [1.807, 2.05) is 0 Å². The van der Waals surface area contributed by atoms with Gasteiger partial charge in [-0.1, -0.05) is 0 Å². The molecule has 1 atom stereocenters. The van der Waals surface area contributed by atoms with Crippen molar-refractivity contribution in [2.45, 2.75) is 12.8 Å². The summed E-state index contributed by atoms with van der Waals surface area (Å²) in [4.78, 5) is 29.0. The summed E-state index contributed by atoms with van der Waals surface area (Å²) in [5.41, 5.74) is -0.208. The van der Waals surface area contributed by atoms with E-state index in [1.54, 1.807) is 11.6 Å². The normalized spacial score (nSPS) is 19.1. The fourth-order valence-corrected chi connectivity index (χ4v) is 3.09. The van der Waals surface area contributed by atoms with Gasteiger partial charge >= 0.3 is 0 Å². The van der Waals surface area contributed by atoms with Crippen molar-refractivity contribution in [3.63, 3.8) is 0 Å². The SMILES string of the molecule is O=C(NCC1CCCNC1)c1cnc2sccn2c1=O. The first-order chi connectivity index (χ1) is 9.75. The zero-order valence-corrected chi connectivity index (χ0v) is 11.8. The molecule has 3 heterocycles. The van der Waals surface area contributed by atoms with Crippen molar-refractivity contribution in [2.75, 3.05) is 19.6 Å². The summed E-state index contributed by atoms with van der Waals surface area (Å²) in [6.07, 6.45) is 5.24. The molecule has 1 aliphatic rings. The molecule has 7 heteroatoms. The van der Waals surface area contributed by atoms with E-state index in [-0.39, 0.29) is 17.0 Å². The van der Waals surface area contributed by atoms with Crippen molar-refractivity contribution in [3.05, 3.63) is 33.7 Å². The molecule has 0 aromatic carbocycles. The van der Waals surface area contributed by atoms with Crippen LogP contribution in [0.3, 0.4) is 0 Å². The second-order valence-electron chi connectivity index (χ2n) is 4.96. The van der Waals surface area contributed by atoms with E-state index >= 15 is 0 Å². The predicted octanol–water partition coefficient (Wildman–Crippen LogP) is 0.485. The molecule has 2 aromatic heterocycles. The smallest absolute Gasteiger partial charge is 0.271 e. The van der Waals surface area contributed by atoms with Gasteiger partial charge < -0.3 is 10.6 Å². The molecule has 1 saturated heterocycles. The van der Waals surface area contributed by atoms with Crippen molar-refractivity contribution in [1.82, 2.24) is 20.0 Å². The molecule has 6 nitrogen and oxygen atoms in total. The highest BCUT2D eigenvalue weighted by Crippen LogP contribution is 2.09. The number of fused-ring (bicyclic) bond motifs is 1. The number of nitrogens with one attached hydrogen (secondary N) is 2. The molecule has 0 spiro atoms. The van der Waals surface area contributed by atoms with Crippen molar-refractivity contribution >= 4 is 22.2 Å². The third-order valence-electron chi connectivity index (χ3n) is 3.54. The average molecular weight is 292 g/mol. The summed E-state index contributed by atoms with van der Waals surface area (Å²) in [7, 11) is 0. The Morgan fingerprint density at radius 2 is 2.50 bits per heavy atom. The van der Waals surface area contributed by atoms with Crippen molar-refractivity contribution < 1.29 is 4.79 Å². The van der Waals surface area contributed by atoms with Crippen LogP contribution in [0.2, 0.25) is 0 Å². The van der Waals surface area contributed by atoms with Crippen LogP contribution in [0.1, 0.15) is 23.2 Å². The number of carbonyl (C=O) groups excluding carboxylic acids is 1. The molecule has 20 heavy (non-hydrogen) atoms. The Bertz CT molecular complexity index is 672. The number of thiazole rings is 1. The topological polar surface area (TPSA) is 75.5 Å². The van der Waals surface area contributed by atoms with Gasteiger partial charge in [0.05, 0.1) is 0 Å².